The van der Waals surface area contributed by atoms with Crippen LogP contribution in [0.2, 0.25) is 0 Å². The van der Waals surface area contributed by atoms with Crippen molar-refractivity contribution in [1.29, 1.82) is 0 Å². The molecule has 0 bridgehead atoms. The number of ether oxygens (including phenoxy) is 1. The molecular formula is C4H8IN5O3. The average molecular weight is 301 g/mol. The van der Waals surface area contributed by atoms with Gasteiger partial charge in [-0.1, -0.05) is 22.6 Å². The van der Waals surface area contributed by atoms with Crippen LogP contribution in [0.1, 0.15) is 0 Å². The molecule has 9 heteroatoms. The van der Waals surface area contributed by atoms with E-state index in [-0.39, 0.29) is 0 Å². The van der Waals surface area contributed by atoms with Crippen LogP contribution in [0, 0.1) is 0 Å². The summed E-state index contributed by atoms with van der Waals surface area (Å²) < 4.78 is 4.43. The van der Waals surface area contributed by atoms with Crippen LogP contribution in [-0.4, -0.2) is 20.8 Å². The van der Waals surface area contributed by atoms with Gasteiger partial charge in [-0.2, -0.15) is 0 Å². The van der Waals surface area contributed by atoms with Crippen molar-refractivity contribution >= 4 is 22.6 Å². The molecule has 1 aliphatic carbocycles. The summed E-state index contributed by atoms with van der Waals surface area (Å²) in [5, 5.41) is 0. The zero-order valence-electron chi connectivity index (χ0n) is 6.33. The highest BCUT2D eigenvalue weighted by Crippen LogP contribution is 2.75. The van der Waals surface area contributed by atoms with E-state index in [2.05, 4.69) is 11.2 Å². The zero-order valence-corrected chi connectivity index (χ0v) is 8.49. The van der Waals surface area contributed by atoms with E-state index in [1.807, 2.05) is 22.6 Å². The fourth-order valence-electron chi connectivity index (χ4n) is 1.82. The van der Waals surface area contributed by atoms with Gasteiger partial charge in [0.05, 0.1) is 0 Å². The highest BCUT2D eigenvalue weighted by molar-refractivity contribution is 14.1. The van der Waals surface area contributed by atoms with Crippen LogP contribution in [-0.2, 0) is 14.4 Å². The van der Waals surface area contributed by atoms with Crippen LogP contribution in [0.4, 0.5) is 0 Å². The van der Waals surface area contributed by atoms with Crippen LogP contribution >= 0.6 is 22.6 Å². The van der Waals surface area contributed by atoms with Crippen molar-refractivity contribution in [2.45, 2.75) is 20.8 Å². The highest BCUT2D eigenvalue weighted by atomic mass is 127. The Morgan fingerprint density at radius 3 is 1.92 bits per heavy atom. The third-order valence-corrected chi connectivity index (χ3v) is 5.12. The maximum Gasteiger partial charge on any atom is 0.342 e. The van der Waals surface area contributed by atoms with Crippen molar-refractivity contribution in [3.05, 3.63) is 0 Å². The van der Waals surface area contributed by atoms with Crippen LogP contribution < -0.4 is 28.4 Å². The van der Waals surface area contributed by atoms with E-state index in [1.165, 1.54) is 0 Å². The molecule has 0 amide bonds. The molecular weight excluding hydrogens is 293 g/mol. The molecule has 0 aromatic rings. The molecule has 3 rings (SSSR count). The van der Waals surface area contributed by atoms with Gasteiger partial charge in [-0.25, -0.2) is 9.68 Å². The first kappa shape index (κ1) is 8.70. The summed E-state index contributed by atoms with van der Waals surface area (Å²) in [6, 6.07) is 0. The Bertz CT molecular complexity index is 282. The first-order valence-corrected chi connectivity index (χ1v) is 4.61. The largest absolute Gasteiger partial charge is 0.342 e. The second-order valence-corrected chi connectivity index (χ2v) is 4.95. The van der Waals surface area contributed by atoms with Crippen molar-refractivity contribution in [3.8, 4) is 0 Å². The number of alkyl halides is 1. The minimum atomic E-state index is -1.33. The maximum absolute atomic E-state index is 5.77. The summed E-state index contributed by atoms with van der Waals surface area (Å²) in [6.07, 6.45) is 0. The lowest BCUT2D eigenvalue weighted by Crippen LogP contribution is -2.66. The molecule has 8 N–H and O–H groups in total. The van der Waals surface area contributed by atoms with Gasteiger partial charge in [-0.15, -0.1) is 11.2 Å². The van der Waals surface area contributed by atoms with Crippen LogP contribution in [0.5, 0.6) is 0 Å². The molecule has 2 aliphatic heterocycles. The van der Waals surface area contributed by atoms with E-state index in [9.17, 15) is 0 Å². The summed E-state index contributed by atoms with van der Waals surface area (Å²) in [5.41, 5.74) is 19.6. The van der Waals surface area contributed by atoms with Gasteiger partial charge in [0.15, 0.2) is 9.15 Å². The van der Waals surface area contributed by atoms with Gasteiger partial charge in [-0.05, 0) is 0 Å². The Hall–Kier alpha value is 0.410. The van der Waals surface area contributed by atoms with Crippen molar-refractivity contribution in [3.63, 3.8) is 0 Å². The van der Waals surface area contributed by atoms with E-state index >= 15 is 0 Å². The normalized spacial score (nSPS) is 54.5. The Morgan fingerprint density at radius 2 is 1.62 bits per heavy atom. The number of hydrogen-bond donors (Lipinski definition) is 5. The van der Waals surface area contributed by atoms with E-state index < -0.39 is 20.8 Å². The summed E-state index contributed by atoms with van der Waals surface area (Å²) in [6.45, 7) is 0. The van der Waals surface area contributed by atoms with Gasteiger partial charge in [0.25, 0.3) is 0 Å². The average Bonchev–Trinajstić information content (AvgIpc) is 2.53. The van der Waals surface area contributed by atoms with E-state index in [0.29, 0.717) is 0 Å². The Balaban J connectivity index is 2.01. The van der Waals surface area contributed by atoms with Crippen molar-refractivity contribution < 1.29 is 14.4 Å². The van der Waals surface area contributed by atoms with E-state index in [0.717, 1.165) is 0 Å². The number of hydrazine groups is 1. The fraction of sp³-hybridized carbons (Fsp3) is 1.00. The monoisotopic (exact) mass is 301 g/mol. The SMILES string of the molecule is NC1(N)C2(N)OC3(ONNO3)C12I. The molecule has 74 valence electrons. The summed E-state index contributed by atoms with van der Waals surface area (Å²) in [5.74, 6) is -1.33. The second-order valence-electron chi connectivity index (χ2n) is 3.33. The van der Waals surface area contributed by atoms with Gasteiger partial charge in [0, 0.05) is 0 Å². The molecule has 2 heterocycles. The van der Waals surface area contributed by atoms with Crippen molar-refractivity contribution in [2.75, 3.05) is 0 Å². The first-order valence-electron chi connectivity index (χ1n) is 3.53. The Kier molecular flexibility index (Phi) is 1.25. The molecule has 1 saturated carbocycles. The molecule has 1 spiro atoms. The van der Waals surface area contributed by atoms with E-state index in [4.69, 9.17) is 31.6 Å². The van der Waals surface area contributed by atoms with E-state index in [1.54, 1.807) is 0 Å². The number of nitrogens with one attached hydrogen (secondary N) is 2. The standard InChI is InChI=1S/C4H8IN5O3/c5-1-2(6,7)3(1,8)11-4(1)12-9-10-13-4/h9-10H,6-8H2. The lowest BCUT2D eigenvalue weighted by molar-refractivity contribution is -0.422. The second kappa shape index (κ2) is 1.87. The zero-order chi connectivity index (χ0) is 9.54. The topological polar surface area (TPSA) is 130 Å². The minimum absolute atomic E-state index is 0.790. The summed E-state index contributed by atoms with van der Waals surface area (Å²) >= 11 is 1.99. The Labute approximate surface area is 86.4 Å². The molecule has 2 unspecified atom stereocenters. The summed E-state index contributed by atoms with van der Waals surface area (Å²) in [4.78, 5) is 9.96. The van der Waals surface area contributed by atoms with Crippen LogP contribution in [0.25, 0.3) is 0 Å². The van der Waals surface area contributed by atoms with Gasteiger partial charge >= 0.3 is 5.97 Å². The smallest absolute Gasteiger partial charge is 0.308 e. The quantitative estimate of drug-likeness (QED) is 0.183. The lowest BCUT2D eigenvalue weighted by Gasteiger charge is -2.40. The van der Waals surface area contributed by atoms with Crippen LogP contribution in [0.15, 0.2) is 0 Å². The third kappa shape index (κ3) is 0.551. The van der Waals surface area contributed by atoms with Gasteiger partial charge in [0.1, 0.15) is 5.66 Å². The fourth-order valence-corrected chi connectivity index (χ4v) is 2.97. The molecule has 0 aromatic carbocycles. The molecule has 13 heavy (non-hydrogen) atoms. The summed E-state index contributed by atoms with van der Waals surface area (Å²) in [7, 11) is 0. The number of halogens is 1. The molecule has 0 aromatic heterocycles. The number of fused-ring (bicyclic) bond motifs is 2. The molecule has 3 fully saturated rings. The van der Waals surface area contributed by atoms with Gasteiger partial charge in [-0.3, -0.25) is 10.5 Å². The number of nitrogens with two attached hydrogens (primary N) is 3. The number of hydrogen-bond acceptors (Lipinski definition) is 8. The Morgan fingerprint density at radius 1 is 1.08 bits per heavy atom. The predicted molar refractivity (Wildman–Crippen MR) is 47.0 cm³/mol. The lowest BCUT2D eigenvalue weighted by atomic mass is 10.2. The molecule has 3 aliphatic rings. The van der Waals surface area contributed by atoms with Crippen LogP contribution in [0.3, 0.4) is 0 Å². The molecule has 2 saturated heterocycles. The highest BCUT2D eigenvalue weighted by Gasteiger charge is 3.04. The number of rotatable bonds is 0. The third-order valence-electron chi connectivity index (χ3n) is 2.76. The van der Waals surface area contributed by atoms with Crippen molar-refractivity contribution in [1.82, 2.24) is 11.2 Å². The predicted octanol–water partition coefficient (Wildman–Crippen LogP) is -2.90. The molecule has 2 atom stereocenters. The van der Waals surface area contributed by atoms with Crippen molar-refractivity contribution in [2.24, 2.45) is 17.2 Å². The molecule has 0 radical (unpaired) electrons. The van der Waals surface area contributed by atoms with Gasteiger partial charge in [0.2, 0.25) is 0 Å². The van der Waals surface area contributed by atoms with Gasteiger partial charge < -0.3 is 11.5 Å². The maximum atomic E-state index is 5.77. The first-order chi connectivity index (χ1) is 5.91. The molecule has 8 nitrogen and oxygen atoms in total. The minimum Gasteiger partial charge on any atom is -0.308 e.